The van der Waals surface area contributed by atoms with Gasteiger partial charge < -0.3 is 5.32 Å². The second-order valence-electron chi connectivity index (χ2n) is 6.48. The third kappa shape index (κ3) is 4.16. The van der Waals surface area contributed by atoms with E-state index in [1.54, 1.807) is 13.0 Å². The summed E-state index contributed by atoms with van der Waals surface area (Å²) >= 11 is 7.35. The van der Waals surface area contributed by atoms with Gasteiger partial charge in [-0.2, -0.15) is 13.2 Å². The maximum absolute atomic E-state index is 12.9. The van der Waals surface area contributed by atoms with E-state index in [1.807, 2.05) is 6.92 Å². The van der Waals surface area contributed by atoms with Crippen molar-refractivity contribution in [2.45, 2.75) is 39.4 Å². The van der Waals surface area contributed by atoms with Crippen molar-refractivity contribution in [2.75, 3.05) is 5.32 Å². The number of aromatic nitrogens is 2. The Hall–Kier alpha value is -2.39. The summed E-state index contributed by atoms with van der Waals surface area (Å²) in [4.78, 5) is 31.6. The number of carbonyl (C=O) groups is 1. The first kappa shape index (κ1) is 21.3. The molecule has 0 aliphatic rings. The van der Waals surface area contributed by atoms with E-state index < -0.39 is 23.7 Å². The van der Waals surface area contributed by atoms with Gasteiger partial charge in [0.1, 0.15) is 16.7 Å². The van der Waals surface area contributed by atoms with Crippen LogP contribution in [-0.2, 0) is 17.4 Å². The van der Waals surface area contributed by atoms with E-state index in [4.69, 9.17) is 11.6 Å². The monoisotopic (exact) mass is 443 g/mol. The number of alkyl halides is 3. The summed E-state index contributed by atoms with van der Waals surface area (Å²) in [6, 6.07) is 3.40. The predicted octanol–water partition coefficient (Wildman–Crippen LogP) is 5.20. The Bertz CT molecular complexity index is 1150. The number of nitrogens with zero attached hydrogens (tertiary/aromatic N) is 2. The van der Waals surface area contributed by atoms with Gasteiger partial charge in [-0.25, -0.2) is 4.98 Å². The normalized spacial score (nSPS) is 12.9. The van der Waals surface area contributed by atoms with Crippen molar-refractivity contribution in [1.82, 2.24) is 9.55 Å². The fourth-order valence-electron chi connectivity index (χ4n) is 2.93. The van der Waals surface area contributed by atoms with E-state index >= 15 is 0 Å². The lowest BCUT2D eigenvalue weighted by Gasteiger charge is -2.18. The number of benzene rings is 1. The number of fused-ring (bicyclic) bond motifs is 1. The summed E-state index contributed by atoms with van der Waals surface area (Å²) < 4.78 is 40.0. The summed E-state index contributed by atoms with van der Waals surface area (Å²) in [7, 11) is 0. The number of anilines is 1. The third-order valence-corrected chi connectivity index (χ3v) is 5.99. The molecule has 1 amide bonds. The van der Waals surface area contributed by atoms with E-state index in [1.165, 1.54) is 22.8 Å². The minimum Gasteiger partial charge on any atom is -0.323 e. The van der Waals surface area contributed by atoms with Crippen LogP contribution in [0.15, 0.2) is 29.1 Å². The number of carbonyl (C=O) groups excluding carboxylic acids is 1. The van der Waals surface area contributed by atoms with Crippen molar-refractivity contribution >= 4 is 44.7 Å². The van der Waals surface area contributed by atoms with Gasteiger partial charge in [0.05, 0.1) is 21.7 Å². The molecule has 0 fully saturated rings. The van der Waals surface area contributed by atoms with E-state index in [9.17, 15) is 22.8 Å². The minimum absolute atomic E-state index is 0.0402. The number of nitrogens with one attached hydrogen (secondary N) is 1. The quantitative estimate of drug-likeness (QED) is 0.602. The summed E-state index contributed by atoms with van der Waals surface area (Å²) in [5.74, 6) is -0.340. The van der Waals surface area contributed by atoms with Gasteiger partial charge in [-0.1, -0.05) is 18.5 Å². The van der Waals surface area contributed by atoms with Crippen LogP contribution in [0.3, 0.4) is 0 Å². The molecule has 154 valence electrons. The maximum Gasteiger partial charge on any atom is 0.416 e. The number of halogens is 4. The van der Waals surface area contributed by atoms with Crippen LogP contribution in [0, 0.1) is 6.92 Å². The smallest absolute Gasteiger partial charge is 0.323 e. The van der Waals surface area contributed by atoms with E-state index in [0.29, 0.717) is 16.0 Å². The first-order valence-corrected chi connectivity index (χ1v) is 9.91. The number of thiophene rings is 1. The SMILES string of the molecule is CCc1cc2c(=O)n(C(C)C(=O)Nc3cc(C(F)(F)F)ccc3Cl)c(C)nc2s1. The van der Waals surface area contributed by atoms with Gasteiger partial charge in [-0.05, 0) is 44.5 Å². The van der Waals surface area contributed by atoms with Crippen molar-refractivity contribution < 1.29 is 18.0 Å². The zero-order chi connectivity index (χ0) is 21.5. The maximum atomic E-state index is 12.9. The van der Waals surface area contributed by atoms with Gasteiger partial charge in [0.25, 0.3) is 5.56 Å². The Morgan fingerprint density at radius 1 is 1.34 bits per heavy atom. The molecule has 10 heteroatoms. The summed E-state index contributed by atoms with van der Waals surface area (Å²) in [5, 5.41) is 2.76. The largest absolute Gasteiger partial charge is 0.416 e. The van der Waals surface area contributed by atoms with Gasteiger partial charge in [-0.3, -0.25) is 14.2 Å². The average Bonchev–Trinajstić information content (AvgIpc) is 3.05. The highest BCUT2D eigenvalue weighted by Gasteiger charge is 2.31. The average molecular weight is 444 g/mol. The molecular formula is C19H17ClF3N3O2S. The van der Waals surface area contributed by atoms with Gasteiger partial charge in [0, 0.05) is 4.88 Å². The molecule has 1 aromatic carbocycles. The molecule has 29 heavy (non-hydrogen) atoms. The molecule has 2 heterocycles. The van der Waals surface area contributed by atoms with Crippen molar-refractivity contribution in [3.63, 3.8) is 0 Å². The zero-order valence-electron chi connectivity index (χ0n) is 15.7. The molecule has 5 nitrogen and oxygen atoms in total. The summed E-state index contributed by atoms with van der Waals surface area (Å²) in [6.07, 6.45) is -3.82. The van der Waals surface area contributed by atoms with Crippen LogP contribution in [0.1, 0.15) is 36.2 Å². The number of aryl methyl sites for hydroxylation is 2. The molecule has 0 saturated heterocycles. The van der Waals surface area contributed by atoms with Crippen LogP contribution < -0.4 is 10.9 Å². The topological polar surface area (TPSA) is 64.0 Å². The van der Waals surface area contributed by atoms with Gasteiger partial charge >= 0.3 is 6.18 Å². The van der Waals surface area contributed by atoms with E-state index in [0.717, 1.165) is 29.5 Å². The van der Waals surface area contributed by atoms with Crippen LogP contribution in [0.25, 0.3) is 10.2 Å². The number of rotatable bonds is 4. The first-order chi connectivity index (χ1) is 13.5. The molecule has 0 bridgehead atoms. The molecule has 0 aliphatic heterocycles. The molecule has 0 saturated carbocycles. The molecule has 0 radical (unpaired) electrons. The molecule has 0 spiro atoms. The van der Waals surface area contributed by atoms with Gasteiger partial charge in [0.2, 0.25) is 5.91 Å². The van der Waals surface area contributed by atoms with Gasteiger partial charge in [-0.15, -0.1) is 11.3 Å². The number of hydrogen-bond acceptors (Lipinski definition) is 4. The Kier molecular flexibility index (Phi) is 5.73. The standard InChI is InChI=1S/C19H17ClF3N3O2S/c1-4-12-8-13-17(29-12)24-10(3)26(18(13)28)9(2)16(27)25-15-7-11(19(21,22)23)5-6-14(15)20/h5-9H,4H2,1-3H3,(H,25,27). The lowest BCUT2D eigenvalue weighted by molar-refractivity contribution is -0.137. The predicted molar refractivity (Wildman–Crippen MR) is 108 cm³/mol. The van der Waals surface area contributed by atoms with E-state index in [2.05, 4.69) is 10.3 Å². The summed E-state index contributed by atoms with van der Waals surface area (Å²) in [6.45, 7) is 5.05. The van der Waals surface area contributed by atoms with Crippen LogP contribution in [0.4, 0.5) is 18.9 Å². The third-order valence-electron chi connectivity index (χ3n) is 4.49. The van der Waals surface area contributed by atoms with Crippen LogP contribution in [0.2, 0.25) is 5.02 Å². The zero-order valence-corrected chi connectivity index (χ0v) is 17.3. The second-order valence-corrected chi connectivity index (χ2v) is 8.00. The Labute approximate surface area is 173 Å². The minimum atomic E-state index is -4.58. The molecule has 1 atom stereocenters. The van der Waals surface area contributed by atoms with E-state index in [-0.39, 0.29) is 16.3 Å². The van der Waals surface area contributed by atoms with Crippen molar-refractivity contribution in [3.05, 3.63) is 55.9 Å². The van der Waals surface area contributed by atoms with Crippen LogP contribution >= 0.6 is 22.9 Å². The van der Waals surface area contributed by atoms with Crippen molar-refractivity contribution in [1.29, 1.82) is 0 Å². The fourth-order valence-corrected chi connectivity index (χ4v) is 4.10. The Morgan fingerprint density at radius 3 is 2.66 bits per heavy atom. The molecule has 3 rings (SSSR count). The highest BCUT2D eigenvalue weighted by Crippen LogP contribution is 2.34. The lowest BCUT2D eigenvalue weighted by Crippen LogP contribution is -2.33. The second kappa shape index (κ2) is 7.79. The number of amides is 1. The molecule has 3 aromatic rings. The molecule has 0 aliphatic carbocycles. The first-order valence-electron chi connectivity index (χ1n) is 8.72. The van der Waals surface area contributed by atoms with Crippen LogP contribution in [-0.4, -0.2) is 15.5 Å². The van der Waals surface area contributed by atoms with Crippen molar-refractivity contribution in [2.24, 2.45) is 0 Å². The highest BCUT2D eigenvalue weighted by molar-refractivity contribution is 7.18. The van der Waals surface area contributed by atoms with Gasteiger partial charge in [0.15, 0.2) is 0 Å². The lowest BCUT2D eigenvalue weighted by atomic mass is 10.2. The Balaban J connectivity index is 1.96. The Morgan fingerprint density at radius 2 is 2.03 bits per heavy atom. The molecule has 1 unspecified atom stereocenters. The molecule has 2 aromatic heterocycles. The fraction of sp³-hybridized carbons (Fsp3) is 0.316. The molecule has 1 N–H and O–H groups in total. The highest BCUT2D eigenvalue weighted by atomic mass is 35.5. The molecular weight excluding hydrogens is 427 g/mol. The van der Waals surface area contributed by atoms with Crippen LogP contribution in [0.5, 0.6) is 0 Å². The number of hydrogen-bond donors (Lipinski definition) is 1. The summed E-state index contributed by atoms with van der Waals surface area (Å²) in [5.41, 5.74) is -1.49. The van der Waals surface area contributed by atoms with Crippen molar-refractivity contribution in [3.8, 4) is 0 Å².